The molecule has 1 aromatic carbocycles. The van der Waals surface area contributed by atoms with Crippen LogP contribution in [0.1, 0.15) is 44.6 Å². The summed E-state index contributed by atoms with van der Waals surface area (Å²) in [7, 11) is 0. The van der Waals surface area contributed by atoms with Crippen LogP contribution in [0.5, 0.6) is 5.75 Å². The highest BCUT2D eigenvalue weighted by Gasteiger charge is 2.22. The lowest BCUT2D eigenvalue weighted by Crippen LogP contribution is -2.46. The second kappa shape index (κ2) is 9.05. The van der Waals surface area contributed by atoms with Gasteiger partial charge in [-0.15, -0.1) is 0 Å². The number of hydrogen-bond acceptors (Lipinski definition) is 4. The molecule has 0 aliphatic carbocycles. The van der Waals surface area contributed by atoms with Gasteiger partial charge in [0.25, 0.3) is 5.91 Å². The molecular weight excluding hydrogens is 322 g/mol. The van der Waals surface area contributed by atoms with Gasteiger partial charge in [-0.3, -0.25) is 25.2 Å². The summed E-state index contributed by atoms with van der Waals surface area (Å²) in [6.45, 7) is 4.93. The van der Waals surface area contributed by atoms with Gasteiger partial charge in [0.05, 0.1) is 13.0 Å². The van der Waals surface area contributed by atoms with Crippen molar-refractivity contribution >= 4 is 17.7 Å². The number of ether oxygens (including phenoxy) is 1. The fourth-order valence-electron chi connectivity index (χ4n) is 2.63. The number of rotatable bonds is 7. The maximum Gasteiger partial charge on any atom is 0.257 e. The fourth-order valence-corrected chi connectivity index (χ4v) is 2.63. The lowest BCUT2D eigenvalue weighted by molar-refractivity contribution is -0.134. The van der Waals surface area contributed by atoms with Crippen molar-refractivity contribution in [2.24, 2.45) is 0 Å². The molecule has 136 valence electrons. The number of carbonyl (C=O) groups is 3. The van der Waals surface area contributed by atoms with Gasteiger partial charge in [0.1, 0.15) is 12.3 Å². The third kappa shape index (κ3) is 5.77. The zero-order valence-electron chi connectivity index (χ0n) is 14.7. The fraction of sp³-hybridized carbons (Fsp3) is 0.500. The molecule has 1 fully saturated rings. The lowest BCUT2D eigenvalue weighted by Gasteiger charge is -2.15. The smallest absolute Gasteiger partial charge is 0.257 e. The standard InChI is InChI=1S/C18H25N3O4/c1-13(2)14-6-3-4-7-15(14)25-11-9-16(22)19-20-17(23)12-21-10-5-8-18(21)24/h3-4,6-7,13H,5,8-12H2,1-2H3,(H,19,22)(H,20,23). The summed E-state index contributed by atoms with van der Waals surface area (Å²) in [6.07, 6.45) is 1.37. The Morgan fingerprint density at radius 2 is 1.92 bits per heavy atom. The first-order chi connectivity index (χ1) is 12.0. The van der Waals surface area contributed by atoms with E-state index in [0.29, 0.717) is 18.9 Å². The van der Waals surface area contributed by atoms with E-state index in [1.165, 1.54) is 4.90 Å². The second-order valence-corrected chi connectivity index (χ2v) is 6.31. The van der Waals surface area contributed by atoms with Crippen molar-refractivity contribution in [2.45, 2.75) is 39.0 Å². The van der Waals surface area contributed by atoms with Gasteiger partial charge >= 0.3 is 0 Å². The van der Waals surface area contributed by atoms with Crippen LogP contribution in [0, 0.1) is 0 Å². The normalized spacial score (nSPS) is 13.9. The molecule has 7 heteroatoms. The van der Waals surface area contributed by atoms with Gasteiger partial charge < -0.3 is 9.64 Å². The zero-order chi connectivity index (χ0) is 18.2. The van der Waals surface area contributed by atoms with Crippen LogP contribution < -0.4 is 15.6 Å². The predicted molar refractivity (Wildman–Crippen MR) is 92.7 cm³/mol. The number of nitrogens with one attached hydrogen (secondary N) is 2. The molecule has 1 aliphatic heterocycles. The van der Waals surface area contributed by atoms with E-state index in [1.54, 1.807) is 0 Å². The molecule has 1 heterocycles. The first kappa shape index (κ1) is 18.8. The van der Waals surface area contributed by atoms with Gasteiger partial charge in [0, 0.05) is 13.0 Å². The molecule has 0 atom stereocenters. The number of amides is 3. The van der Waals surface area contributed by atoms with E-state index in [9.17, 15) is 14.4 Å². The van der Waals surface area contributed by atoms with Crippen LogP contribution in [0.2, 0.25) is 0 Å². The molecule has 1 aromatic rings. The van der Waals surface area contributed by atoms with Gasteiger partial charge in [-0.25, -0.2) is 0 Å². The average molecular weight is 347 g/mol. The van der Waals surface area contributed by atoms with Crippen molar-refractivity contribution < 1.29 is 19.1 Å². The van der Waals surface area contributed by atoms with E-state index in [-0.39, 0.29) is 31.4 Å². The van der Waals surface area contributed by atoms with Gasteiger partial charge in [-0.1, -0.05) is 32.0 Å². The maximum atomic E-state index is 11.8. The average Bonchev–Trinajstić information content (AvgIpc) is 2.98. The number of nitrogens with zero attached hydrogens (tertiary/aromatic N) is 1. The number of likely N-dealkylation sites (tertiary alicyclic amines) is 1. The molecule has 0 radical (unpaired) electrons. The van der Waals surface area contributed by atoms with Crippen LogP contribution in [0.25, 0.3) is 0 Å². The molecule has 0 saturated carbocycles. The van der Waals surface area contributed by atoms with E-state index in [4.69, 9.17) is 4.74 Å². The Kier molecular flexibility index (Phi) is 6.80. The minimum Gasteiger partial charge on any atom is -0.493 e. The third-order valence-corrected chi connectivity index (χ3v) is 3.97. The first-order valence-electron chi connectivity index (χ1n) is 8.54. The Balaban J connectivity index is 1.67. The molecule has 2 rings (SSSR count). The van der Waals surface area contributed by atoms with Crippen LogP contribution in [0.15, 0.2) is 24.3 Å². The summed E-state index contributed by atoms with van der Waals surface area (Å²) in [4.78, 5) is 36.4. The largest absolute Gasteiger partial charge is 0.493 e. The second-order valence-electron chi connectivity index (χ2n) is 6.31. The van der Waals surface area contributed by atoms with Crippen LogP contribution >= 0.6 is 0 Å². The van der Waals surface area contributed by atoms with Crippen LogP contribution in [-0.4, -0.2) is 42.3 Å². The van der Waals surface area contributed by atoms with Crippen molar-refractivity contribution in [1.82, 2.24) is 15.8 Å². The molecule has 1 aliphatic rings. The summed E-state index contributed by atoms with van der Waals surface area (Å²) in [5.74, 6) is 0.316. The highest BCUT2D eigenvalue weighted by atomic mass is 16.5. The summed E-state index contributed by atoms with van der Waals surface area (Å²) >= 11 is 0. The van der Waals surface area contributed by atoms with E-state index >= 15 is 0 Å². The van der Waals surface area contributed by atoms with Crippen LogP contribution in [-0.2, 0) is 14.4 Å². The minimum absolute atomic E-state index is 0.0290. The maximum absolute atomic E-state index is 11.8. The van der Waals surface area contributed by atoms with E-state index in [0.717, 1.165) is 17.7 Å². The van der Waals surface area contributed by atoms with Crippen molar-refractivity contribution in [1.29, 1.82) is 0 Å². The molecule has 2 N–H and O–H groups in total. The highest BCUT2D eigenvalue weighted by Crippen LogP contribution is 2.25. The Labute approximate surface area is 147 Å². The summed E-state index contributed by atoms with van der Waals surface area (Å²) in [5.41, 5.74) is 5.75. The SMILES string of the molecule is CC(C)c1ccccc1OCCC(=O)NNC(=O)CN1CCCC1=O. The van der Waals surface area contributed by atoms with Crippen molar-refractivity contribution in [3.8, 4) is 5.75 Å². The number of benzene rings is 1. The molecule has 7 nitrogen and oxygen atoms in total. The van der Waals surface area contributed by atoms with E-state index in [2.05, 4.69) is 24.7 Å². The Morgan fingerprint density at radius 3 is 2.60 bits per heavy atom. The molecule has 0 aromatic heterocycles. The Morgan fingerprint density at radius 1 is 1.20 bits per heavy atom. The monoisotopic (exact) mass is 347 g/mol. The summed E-state index contributed by atoms with van der Waals surface area (Å²) in [5, 5.41) is 0. The van der Waals surface area contributed by atoms with E-state index < -0.39 is 5.91 Å². The van der Waals surface area contributed by atoms with Gasteiger partial charge in [0.2, 0.25) is 11.8 Å². The molecule has 1 saturated heterocycles. The molecule has 0 bridgehead atoms. The first-order valence-corrected chi connectivity index (χ1v) is 8.54. The third-order valence-electron chi connectivity index (χ3n) is 3.97. The van der Waals surface area contributed by atoms with Crippen LogP contribution in [0.4, 0.5) is 0 Å². The predicted octanol–water partition coefficient (Wildman–Crippen LogP) is 1.35. The van der Waals surface area contributed by atoms with Gasteiger partial charge in [-0.2, -0.15) is 0 Å². The van der Waals surface area contributed by atoms with Gasteiger partial charge in [-0.05, 0) is 24.0 Å². The molecule has 25 heavy (non-hydrogen) atoms. The lowest BCUT2D eigenvalue weighted by atomic mass is 10.0. The van der Waals surface area contributed by atoms with Gasteiger partial charge in [0.15, 0.2) is 0 Å². The Bertz CT molecular complexity index is 631. The molecule has 3 amide bonds. The summed E-state index contributed by atoms with van der Waals surface area (Å²) in [6, 6.07) is 7.72. The van der Waals surface area contributed by atoms with Crippen LogP contribution in [0.3, 0.4) is 0 Å². The Hall–Kier alpha value is -2.57. The van der Waals surface area contributed by atoms with Crippen molar-refractivity contribution in [3.63, 3.8) is 0 Å². The topological polar surface area (TPSA) is 87.7 Å². The van der Waals surface area contributed by atoms with Crippen molar-refractivity contribution in [3.05, 3.63) is 29.8 Å². The molecule has 0 spiro atoms. The quantitative estimate of drug-likeness (QED) is 0.729. The summed E-state index contributed by atoms with van der Waals surface area (Å²) < 4.78 is 5.67. The zero-order valence-corrected chi connectivity index (χ0v) is 14.7. The molecular formula is C18H25N3O4. The van der Waals surface area contributed by atoms with E-state index in [1.807, 2.05) is 24.3 Å². The number of carbonyl (C=O) groups excluding carboxylic acids is 3. The number of hydrogen-bond donors (Lipinski definition) is 2. The van der Waals surface area contributed by atoms with Crippen molar-refractivity contribution in [2.75, 3.05) is 19.7 Å². The highest BCUT2D eigenvalue weighted by molar-refractivity contribution is 5.87. The number of para-hydroxylation sites is 1. The minimum atomic E-state index is -0.408. The molecule has 0 unspecified atom stereocenters. The number of hydrazine groups is 1.